The van der Waals surface area contributed by atoms with Crippen LogP contribution in [0.15, 0.2) is 9.81 Å². The van der Waals surface area contributed by atoms with Crippen LogP contribution >= 0.6 is 24.4 Å². The Morgan fingerprint density at radius 2 is 1.80 bits per heavy atom. The van der Waals surface area contributed by atoms with Crippen molar-refractivity contribution < 1.29 is 0 Å². The van der Waals surface area contributed by atoms with Gasteiger partial charge in [-0.1, -0.05) is 0 Å². The quantitative estimate of drug-likeness (QED) is 0.385. The number of thioether (sulfide) groups is 1. The molecule has 0 aromatic carbocycles. The number of hydrogen-bond acceptors (Lipinski definition) is 4. The summed E-state index contributed by atoms with van der Waals surface area (Å²) in [4.78, 5) is 0. The van der Waals surface area contributed by atoms with Crippen LogP contribution in [0.3, 0.4) is 0 Å². The molecule has 0 aromatic rings. The van der Waals surface area contributed by atoms with E-state index in [0.29, 0.717) is 4.24 Å². The van der Waals surface area contributed by atoms with Crippen molar-refractivity contribution in [2.45, 2.75) is 0 Å². The van der Waals surface area contributed by atoms with Crippen molar-refractivity contribution in [2.24, 2.45) is 0 Å². The van der Waals surface area contributed by atoms with Gasteiger partial charge in [-0.15, -0.1) is 24.4 Å². The van der Waals surface area contributed by atoms with Gasteiger partial charge in [0, 0.05) is 0 Å². The molecule has 0 aliphatic carbocycles. The molecule has 0 saturated heterocycles. The second-order valence-electron chi connectivity index (χ2n) is 1.11. The molecule has 0 rings (SSSR count). The molecule has 0 aliphatic rings. The summed E-state index contributed by atoms with van der Waals surface area (Å²) in [5.41, 5.74) is 0.0748. The molecule has 0 fully saturated rings. The fourth-order valence-electron chi connectivity index (χ4n) is 0.223. The van der Waals surface area contributed by atoms with Crippen molar-refractivity contribution >= 4 is 75.8 Å². The Labute approximate surface area is 112 Å². The second kappa shape index (κ2) is 8.16. The van der Waals surface area contributed by atoms with Gasteiger partial charge in [0.05, 0.1) is 4.24 Å². The first-order valence-electron chi connectivity index (χ1n) is 2.03. The van der Waals surface area contributed by atoms with Gasteiger partial charge < -0.3 is 0 Å². The van der Waals surface area contributed by atoms with E-state index in [9.17, 15) is 0 Å². The van der Waals surface area contributed by atoms with E-state index in [-0.39, 0.29) is 57.0 Å². The Hall–Kier alpha value is 1.06. The normalized spacial score (nSPS) is 6.40. The molecule has 0 N–H and O–H groups in total. The Balaban J connectivity index is 0. The van der Waals surface area contributed by atoms with Gasteiger partial charge in [0.15, 0.2) is 0 Å². The predicted molar refractivity (Wildman–Crippen MR) is 47.9 cm³/mol. The van der Waals surface area contributed by atoms with Crippen LogP contribution < -0.4 is 0 Å². The van der Waals surface area contributed by atoms with Crippen LogP contribution in [0.5, 0.6) is 0 Å². The summed E-state index contributed by atoms with van der Waals surface area (Å²) in [6.07, 6.45) is 1.76. The first-order valence-corrected chi connectivity index (χ1v) is 3.71. The van der Waals surface area contributed by atoms with E-state index >= 15 is 0 Å². The molecular formula is C5H5KN2S2. The van der Waals surface area contributed by atoms with Crippen LogP contribution in [0.25, 0.3) is 0 Å². The number of thiol groups is 1. The van der Waals surface area contributed by atoms with Gasteiger partial charge >= 0.3 is 51.4 Å². The third-order valence-electron chi connectivity index (χ3n) is 0.631. The van der Waals surface area contributed by atoms with E-state index in [4.69, 9.17) is 10.5 Å². The van der Waals surface area contributed by atoms with Gasteiger partial charge in [-0.05, 0) is 6.26 Å². The fraction of sp³-hybridized carbons (Fsp3) is 0.200. The molecule has 5 heteroatoms. The zero-order valence-corrected chi connectivity index (χ0v) is 6.46. The van der Waals surface area contributed by atoms with Gasteiger partial charge in [0.2, 0.25) is 0 Å². The zero-order chi connectivity index (χ0) is 7.28. The molecule has 0 aromatic heterocycles. The van der Waals surface area contributed by atoms with E-state index in [0.717, 1.165) is 0 Å². The van der Waals surface area contributed by atoms with Crippen LogP contribution in [-0.2, 0) is 0 Å². The minimum absolute atomic E-state index is 0. The number of nitrogens with zero attached hydrogens (tertiary/aromatic N) is 2. The predicted octanol–water partition coefficient (Wildman–Crippen LogP) is 0.889. The Morgan fingerprint density at radius 3 is 1.90 bits per heavy atom. The SMILES string of the molecule is CSC(S)=C(C#N)C#N.[KH]. The first-order chi connectivity index (χ1) is 4.26. The summed E-state index contributed by atoms with van der Waals surface area (Å²) in [6.45, 7) is 0. The van der Waals surface area contributed by atoms with Gasteiger partial charge in [-0.2, -0.15) is 10.5 Å². The van der Waals surface area contributed by atoms with Crippen LogP contribution in [0.1, 0.15) is 0 Å². The standard InChI is InChI=1S/C5H4N2S2.K.H/c1-9-5(8)4(2-6)3-7;;/h8H,1H3;;. The summed E-state index contributed by atoms with van der Waals surface area (Å²) in [5, 5.41) is 16.5. The number of hydrogen-bond donors (Lipinski definition) is 1. The van der Waals surface area contributed by atoms with Crippen molar-refractivity contribution in [3.05, 3.63) is 9.81 Å². The van der Waals surface area contributed by atoms with Crippen molar-refractivity contribution in [3.63, 3.8) is 0 Å². The average molecular weight is 196 g/mol. The summed E-state index contributed by atoms with van der Waals surface area (Å²) in [6, 6.07) is 3.45. The van der Waals surface area contributed by atoms with Gasteiger partial charge in [-0.25, -0.2) is 0 Å². The molecule has 2 nitrogen and oxygen atoms in total. The van der Waals surface area contributed by atoms with E-state index in [1.54, 1.807) is 18.4 Å². The fourth-order valence-corrected chi connectivity index (χ4v) is 0.618. The third kappa shape index (κ3) is 4.81. The maximum absolute atomic E-state index is 8.23. The molecule has 0 aliphatic heterocycles. The van der Waals surface area contributed by atoms with Crippen molar-refractivity contribution in [2.75, 3.05) is 6.26 Å². The Morgan fingerprint density at radius 1 is 1.40 bits per heavy atom. The molecule has 48 valence electrons. The summed E-state index contributed by atoms with van der Waals surface area (Å²) in [5.74, 6) is 0. The molecule has 0 bridgehead atoms. The molecule has 10 heavy (non-hydrogen) atoms. The topological polar surface area (TPSA) is 47.6 Å². The van der Waals surface area contributed by atoms with E-state index in [2.05, 4.69) is 12.6 Å². The zero-order valence-electron chi connectivity index (χ0n) is 4.75. The first kappa shape index (κ1) is 13.6. The number of allylic oxidation sites excluding steroid dienone is 1. The van der Waals surface area contributed by atoms with Crippen LogP contribution in [0.2, 0.25) is 0 Å². The molecule has 0 saturated carbocycles. The summed E-state index contributed by atoms with van der Waals surface area (Å²) >= 11 is 5.16. The van der Waals surface area contributed by atoms with Crippen molar-refractivity contribution in [1.82, 2.24) is 0 Å². The molecular weight excluding hydrogens is 191 g/mol. The van der Waals surface area contributed by atoms with Crippen molar-refractivity contribution in [1.29, 1.82) is 10.5 Å². The van der Waals surface area contributed by atoms with Crippen molar-refractivity contribution in [3.8, 4) is 12.1 Å². The average Bonchev–Trinajstić information content (AvgIpc) is 1.90. The Bertz CT molecular complexity index is 195. The number of nitriles is 2. The van der Waals surface area contributed by atoms with E-state index in [1.165, 1.54) is 11.8 Å². The van der Waals surface area contributed by atoms with Crippen LogP contribution in [0.4, 0.5) is 0 Å². The van der Waals surface area contributed by atoms with Crippen LogP contribution in [0, 0.1) is 22.7 Å². The molecule has 0 unspecified atom stereocenters. The monoisotopic (exact) mass is 196 g/mol. The molecule has 0 radical (unpaired) electrons. The molecule has 0 amide bonds. The van der Waals surface area contributed by atoms with Gasteiger partial charge in [0.25, 0.3) is 0 Å². The maximum atomic E-state index is 8.23. The third-order valence-corrected chi connectivity index (χ3v) is 1.99. The van der Waals surface area contributed by atoms with E-state index < -0.39 is 0 Å². The van der Waals surface area contributed by atoms with E-state index in [1.807, 2.05) is 0 Å². The molecule has 0 heterocycles. The molecule has 0 atom stereocenters. The minimum atomic E-state index is 0. The summed E-state index contributed by atoms with van der Waals surface area (Å²) < 4.78 is 0.472. The van der Waals surface area contributed by atoms with Crippen LogP contribution in [-0.4, -0.2) is 57.6 Å². The second-order valence-corrected chi connectivity index (χ2v) is 2.67. The van der Waals surface area contributed by atoms with Gasteiger partial charge in [-0.3, -0.25) is 0 Å². The molecule has 0 spiro atoms. The van der Waals surface area contributed by atoms with Gasteiger partial charge in [0.1, 0.15) is 17.7 Å². The Kier molecular flexibility index (Phi) is 11.1. The summed E-state index contributed by atoms with van der Waals surface area (Å²) in [7, 11) is 0. The number of rotatable bonds is 1.